The van der Waals surface area contributed by atoms with Crippen LogP contribution in [0.4, 0.5) is 0 Å². The molecule has 0 aromatic heterocycles. The van der Waals surface area contributed by atoms with Crippen molar-refractivity contribution in [2.24, 2.45) is 5.92 Å². The average molecular weight is 288 g/mol. The molecule has 0 aliphatic carbocycles. The molecule has 1 amide bonds. The molecule has 0 radical (unpaired) electrons. The number of amides is 1. The monoisotopic (exact) mass is 288 g/mol. The van der Waals surface area contributed by atoms with Crippen molar-refractivity contribution >= 4 is 16.7 Å². The summed E-state index contributed by atoms with van der Waals surface area (Å²) < 4.78 is 11.6. The smallest absolute Gasteiger partial charge is 0.243 e. The predicted octanol–water partition coefficient (Wildman–Crippen LogP) is 1.73. The molecular formula is C14H28N2O2S. The van der Waals surface area contributed by atoms with Gasteiger partial charge in [-0.15, -0.1) is 0 Å². The maximum Gasteiger partial charge on any atom is 0.243 e. The lowest BCUT2D eigenvalue weighted by Gasteiger charge is -2.27. The molecule has 1 rings (SSSR count). The molecule has 4 unspecified atom stereocenters. The van der Waals surface area contributed by atoms with Crippen molar-refractivity contribution in [1.82, 2.24) is 10.2 Å². The number of nitrogens with zero attached hydrogens (tertiary/aromatic N) is 1. The molecule has 1 aliphatic heterocycles. The van der Waals surface area contributed by atoms with Gasteiger partial charge in [0.1, 0.15) is 0 Å². The molecule has 1 heterocycles. The van der Waals surface area contributed by atoms with E-state index in [1.54, 1.807) is 6.26 Å². The van der Waals surface area contributed by atoms with Crippen molar-refractivity contribution in [3.8, 4) is 0 Å². The second-order valence-corrected chi connectivity index (χ2v) is 8.04. The Morgan fingerprint density at radius 3 is 2.42 bits per heavy atom. The van der Waals surface area contributed by atoms with Gasteiger partial charge < -0.3 is 4.90 Å². The van der Waals surface area contributed by atoms with Crippen LogP contribution in [0.3, 0.4) is 0 Å². The number of hydrogen-bond donors (Lipinski definition) is 1. The molecule has 1 aliphatic rings. The van der Waals surface area contributed by atoms with Crippen molar-refractivity contribution in [2.75, 3.05) is 12.8 Å². The molecule has 4 nitrogen and oxygen atoms in total. The fourth-order valence-corrected chi connectivity index (χ4v) is 2.81. The average Bonchev–Trinajstić information content (AvgIpc) is 2.53. The van der Waals surface area contributed by atoms with Gasteiger partial charge in [-0.25, -0.2) is 0 Å². The minimum atomic E-state index is -0.897. The SMILES string of the molecule is CCC1(C)NC(CC(C)C)N(CC(C)S(C)=O)C1=O. The molecular weight excluding hydrogens is 260 g/mol. The standard InChI is InChI=1S/C14H28N2O2S/c1-7-14(5)13(17)16(9-11(4)19(6)18)12(15-14)8-10(2)3/h10-12,15H,7-9H2,1-6H3. The number of rotatable bonds is 6. The van der Waals surface area contributed by atoms with Crippen LogP contribution < -0.4 is 5.32 Å². The Hall–Kier alpha value is -0.420. The molecule has 19 heavy (non-hydrogen) atoms. The molecule has 1 saturated heterocycles. The lowest BCUT2D eigenvalue weighted by molar-refractivity contribution is -0.133. The van der Waals surface area contributed by atoms with Gasteiger partial charge in [-0.2, -0.15) is 0 Å². The molecule has 112 valence electrons. The highest BCUT2D eigenvalue weighted by Gasteiger charge is 2.46. The van der Waals surface area contributed by atoms with Crippen LogP contribution in [0.1, 0.15) is 47.5 Å². The third-order valence-electron chi connectivity index (χ3n) is 4.02. The number of nitrogens with one attached hydrogen (secondary N) is 1. The van der Waals surface area contributed by atoms with Gasteiger partial charge in [0.05, 0.1) is 11.7 Å². The maximum absolute atomic E-state index is 12.6. The van der Waals surface area contributed by atoms with E-state index in [4.69, 9.17) is 0 Å². The summed E-state index contributed by atoms with van der Waals surface area (Å²) >= 11 is 0. The van der Waals surface area contributed by atoms with Gasteiger partial charge in [0.15, 0.2) is 0 Å². The van der Waals surface area contributed by atoms with Crippen molar-refractivity contribution < 1.29 is 9.00 Å². The summed E-state index contributed by atoms with van der Waals surface area (Å²) in [5.74, 6) is 0.674. The molecule has 0 bridgehead atoms. The van der Waals surface area contributed by atoms with Crippen LogP contribution in [-0.4, -0.2) is 44.8 Å². The van der Waals surface area contributed by atoms with E-state index in [-0.39, 0.29) is 17.3 Å². The summed E-state index contributed by atoms with van der Waals surface area (Å²) in [4.78, 5) is 14.5. The lowest BCUT2D eigenvalue weighted by atomic mass is 9.99. The highest BCUT2D eigenvalue weighted by Crippen LogP contribution is 2.27. The Morgan fingerprint density at radius 1 is 1.42 bits per heavy atom. The van der Waals surface area contributed by atoms with Gasteiger partial charge in [-0.3, -0.25) is 14.3 Å². The lowest BCUT2D eigenvalue weighted by Crippen LogP contribution is -2.44. The second-order valence-electron chi connectivity index (χ2n) is 6.24. The van der Waals surface area contributed by atoms with Crippen molar-refractivity contribution in [1.29, 1.82) is 0 Å². The van der Waals surface area contributed by atoms with E-state index in [0.717, 1.165) is 12.8 Å². The summed E-state index contributed by atoms with van der Waals surface area (Å²) in [6.07, 6.45) is 3.49. The van der Waals surface area contributed by atoms with Crippen molar-refractivity contribution in [3.63, 3.8) is 0 Å². The van der Waals surface area contributed by atoms with E-state index in [1.807, 2.05) is 25.7 Å². The topological polar surface area (TPSA) is 49.4 Å². The molecule has 0 spiro atoms. The zero-order valence-corrected chi connectivity index (χ0v) is 13.8. The first-order valence-corrected chi connectivity index (χ1v) is 8.74. The Morgan fingerprint density at radius 2 is 2.00 bits per heavy atom. The normalized spacial score (nSPS) is 31.0. The third-order valence-corrected chi connectivity index (χ3v) is 5.30. The second kappa shape index (κ2) is 6.35. The summed E-state index contributed by atoms with van der Waals surface area (Å²) in [5.41, 5.74) is -0.464. The molecule has 4 atom stereocenters. The largest absolute Gasteiger partial charge is 0.324 e. The minimum absolute atomic E-state index is 0.0135. The van der Waals surface area contributed by atoms with Gasteiger partial charge >= 0.3 is 0 Å². The van der Waals surface area contributed by atoms with Gasteiger partial charge in [0.2, 0.25) is 5.91 Å². The van der Waals surface area contributed by atoms with Crippen LogP contribution in [-0.2, 0) is 15.6 Å². The van der Waals surface area contributed by atoms with Crippen molar-refractivity contribution in [3.05, 3.63) is 0 Å². The summed E-state index contributed by atoms with van der Waals surface area (Å²) in [6, 6.07) is 0. The van der Waals surface area contributed by atoms with Crippen LogP contribution in [0.5, 0.6) is 0 Å². The Labute approximate surface area is 119 Å². The fourth-order valence-electron chi connectivity index (χ4n) is 2.44. The third kappa shape index (κ3) is 3.78. The zero-order chi connectivity index (χ0) is 14.8. The molecule has 5 heteroatoms. The Balaban J connectivity index is 2.88. The molecule has 0 aromatic rings. The number of hydrogen-bond acceptors (Lipinski definition) is 3. The van der Waals surface area contributed by atoms with Gasteiger partial charge in [-0.1, -0.05) is 20.8 Å². The van der Waals surface area contributed by atoms with E-state index in [0.29, 0.717) is 12.5 Å². The van der Waals surface area contributed by atoms with E-state index in [9.17, 15) is 9.00 Å². The van der Waals surface area contributed by atoms with Crippen LogP contribution in [0.15, 0.2) is 0 Å². The highest BCUT2D eigenvalue weighted by molar-refractivity contribution is 7.84. The van der Waals surface area contributed by atoms with Crippen LogP contribution in [0.25, 0.3) is 0 Å². The summed E-state index contributed by atoms with van der Waals surface area (Å²) in [6.45, 7) is 10.8. The number of carbonyl (C=O) groups excluding carboxylic acids is 1. The highest BCUT2D eigenvalue weighted by atomic mass is 32.2. The van der Waals surface area contributed by atoms with E-state index in [1.165, 1.54) is 0 Å². The Bertz CT molecular complexity index is 359. The quantitative estimate of drug-likeness (QED) is 0.810. The predicted molar refractivity (Wildman–Crippen MR) is 80.3 cm³/mol. The first-order chi connectivity index (χ1) is 8.71. The van der Waals surface area contributed by atoms with E-state index < -0.39 is 16.3 Å². The Kier molecular flexibility index (Phi) is 5.56. The first-order valence-electron chi connectivity index (χ1n) is 7.12. The summed E-state index contributed by atoms with van der Waals surface area (Å²) in [7, 11) is -0.897. The molecule has 0 aromatic carbocycles. The molecule has 1 N–H and O–H groups in total. The van der Waals surface area contributed by atoms with Crippen molar-refractivity contribution in [2.45, 2.75) is 64.4 Å². The van der Waals surface area contributed by atoms with Crippen LogP contribution in [0.2, 0.25) is 0 Å². The van der Waals surface area contributed by atoms with E-state index in [2.05, 4.69) is 19.2 Å². The molecule has 0 saturated carbocycles. The van der Waals surface area contributed by atoms with E-state index >= 15 is 0 Å². The summed E-state index contributed by atoms with van der Waals surface area (Å²) in [5, 5.41) is 3.48. The zero-order valence-electron chi connectivity index (χ0n) is 13.0. The van der Waals surface area contributed by atoms with Gasteiger partial charge in [-0.05, 0) is 32.6 Å². The number of carbonyl (C=O) groups is 1. The van der Waals surface area contributed by atoms with Gasteiger partial charge in [0, 0.05) is 28.9 Å². The maximum atomic E-state index is 12.6. The van der Waals surface area contributed by atoms with Crippen LogP contribution in [0, 0.1) is 5.92 Å². The molecule has 1 fully saturated rings. The van der Waals surface area contributed by atoms with Gasteiger partial charge in [0.25, 0.3) is 0 Å². The minimum Gasteiger partial charge on any atom is -0.324 e. The fraction of sp³-hybridized carbons (Fsp3) is 0.929. The first kappa shape index (κ1) is 16.6. The van der Waals surface area contributed by atoms with Crippen LogP contribution >= 0.6 is 0 Å².